The maximum atomic E-state index is 14.2. The number of phenolic OH excluding ortho intramolecular Hbond substituents is 2. The minimum Gasteiger partial charge on any atom is -0.507 e. The van der Waals surface area contributed by atoms with Crippen LogP contribution in [0, 0.1) is 53.4 Å². The lowest BCUT2D eigenvalue weighted by Gasteiger charge is -2.29. The van der Waals surface area contributed by atoms with Crippen LogP contribution in [0.25, 0.3) is 33.4 Å². The Morgan fingerprint density at radius 2 is 0.784 bits per heavy atom. The number of aryl methyl sites for hydroxylation is 6. The summed E-state index contributed by atoms with van der Waals surface area (Å²) in [6.45, 7) is 17.4. The third-order valence-electron chi connectivity index (χ3n) is 12.5. The monoisotopic (exact) mass is 1040 g/mol. The van der Waals surface area contributed by atoms with Crippen molar-refractivity contribution in [3.05, 3.63) is 153 Å². The van der Waals surface area contributed by atoms with Crippen molar-refractivity contribution in [2.24, 2.45) is 11.8 Å². The predicted octanol–water partition coefficient (Wildman–Crippen LogP) is 9.72. The summed E-state index contributed by atoms with van der Waals surface area (Å²) in [6, 6.07) is 18.0. The summed E-state index contributed by atoms with van der Waals surface area (Å²) in [5.74, 6) is -4.51. The highest BCUT2D eigenvalue weighted by Crippen LogP contribution is 2.54. The van der Waals surface area contributed by atoms with Gasteiger partial charge in [-0.05, 0) is 136 Å². The fourth-order valence-electron chi connectivity index (χ4n) is 9.30. The maximum absolute atomic E-state index is 14.2. The molecule has 2 aromatic heterocycles. The van der Waals surface area contributed by atoms with E-state index in [1.54, 1.807) is 93.5 Å². The van der Waals surface area contributed by atoms with Gasteiger partial charge in [0.05, 0.1) is 20.9 Å². The van der Waals surface area contributed by atoms with E-state index in [9.17, 15) is 46.9 Å². The zero-order valence-electron chi connectivity index (χ0n) is 42.1. The van der Waals surface area contributed by atoms with Crippen LogP contribution >= 0.6 is 0 Å². The molecule has 0 bridgehead atoms. The number of nitrogens with zero attached hydrogens (tertiary/aromatic N) is 4. The minimum atomic E-state index is -4.10. The number of carbonyl (C=O) groups excluding carboxylic acids is 2. The fourth-order valence-corrected chi connectivity index (χ4v) is 11.2. The standard InChI is InChI=1S/C54H54N8O10S2/c1-25(2)41-37-19-27(5)43(49(65)45(37)39(47(63)51(41)67)23-55-33-11-15-35(16-12-33)73(69,70)61-53-57-29(7)21-30(8)58-53)44-28(6)20-38-42(26(3)4)52(68)48(64)40(46(38)50(44)66)24-56-34-13-17-36(18-14-34)74(71,72)62-54-59-31(9)22-32(10)60-54/h11-26,55-56,65-68H,1-10H3,(H,57,58,61)(H,59,60,62). The van der Waals surface area contributed by atoms with Gasteiger partial charge in [-0.1, -0.05) is 39.8 Å². The number of ketones is 2. The van der Waals surface area contributed by atoms with Crippen LogP contribution in [0.2, 0.25) is 0 Å². The van der Waals surface area contributed by atoms with E-state index >= 15 is 0 Å². The number of anilines is 4. The van der Waals surface area contributed by atoms with Crippen molar-refractivity contribution < 1.29 is 46.9 Å². The summed E-state index contributed by atoms with van der Waals surface area (Å²) < 4.78 is 57.8. The SMILES string of the molecule is Cc1cc(C)nc(NS(=O)(=O)c2ccc(NC=C3C(=O)C(O)=C(C(C)C)c4cc(C)c(-c5c(C)cc6c(c5O)C(=CNc5ccc(S(=O)(=O)Nc7nc(C)cc(C)n7)cc5)C(=O)C(O)=C6C(C)C)c(O)c43)cc2)n1. The van der Waals surface area contributed by atoms with Crippen molar-refractivity contribution in [3.63, 3.8) is 0 Å². The second kappa shape index (κ2) is 19.6. The van der Waals surface area contributed by atoms with E-state index in [1.807, 2.05) is 0 Å². The number of phenols is 2. The Morgan fingerprint density at radius 3 is 1.08 bits per heavy atom. The Kier molecular flexibility index (Phi) is 13.8. The first-order valence-electron chi connectivity index (χ1n) is 23.3. The molecule has 6 aromatic rings. The van der Waals surface area contributed by atoms with Gasteiger partial charge in [-0.25, -0.2) is 46.2 Å². The Balaban J connectivity index is 1.19. The van der Waals surface area contributed by atoms with Crippen molar-refractivity contribution in [3.8, 4) is 22.6 Å². The third kappa shape index (κ3) is 9.80. The molecule has 382 valence electrons. The normalized spacial score (nSPS) is 15.0. The molecule has 0 amide bonds. The van der Waals surface area contributed by atoms with Crippen molar-refractivity contribution >= 4 is 77.2 Å². The summed E-state index contributed by atoms with van der Waals surface area (Å²) in [4.78, 5) is 44.8. The van der Waals surface area contributed by atoms with Crippen LogP contribution < -0.4 is 20.1 Å². The molecule has 0 saturated heterocycles. The number of benzene rings is 4. The van der Waals surface area contributed by atoms with Gasteiger partial charge in [0.25, 0.3) is 20.0 Å². The predicted molar refractivity (Wildman–Crippen MR) is 284 cm³/mol. The lowest BCUT2D eigenvalue weighted by Crippen LogP contribution is -2.20. The summed E-state index contributed by atoms with van der Waals surface area (Å²) in [5.41, 5.74) is 5.12. The van der Waals surface area contributed by atoms with Crippen molar-refractivity contribution in [2.75, 3.05) is 20.1 Å². The lowest BCUT2D eigenvalue weighted by molar-refractivity contribution is -0.113. The first-order chi connectivity index (χ1) is 34.8. The lowest BCUT2D eigenvalue weighted by atomic mass is 9.75. The topological polar surface area (TPSA) is 283 Å². The number of carbonyl (C=O) groups is 2. The molecular weight excluding hydrogens is 985 g/mol. The van der Waals surface area contributed by atoms with E-state index in [0.717, 1.165) is 0 Å². The number of aliphatic hydroxyl groups excluding tert-OH is 2. The van der Waals surface area contributed by atoms with Gasteiger partial charge < -0.3 is 31.1 Å². The fraction of sp³-hybridized carbons (Fsp3) is 0.222. The first kappa shape index (κ1) is 52.0. The molecule has 0 aliphatic heterocycles. The molecule has 0 unspecified atom stereocenters. The number of allylic oxidation sites excluding steroid dienone is 4. The molecule has 0 saturated carbocycles. The van der Waals surface area contributed by atoms with Crippen LogP contribution in [0.1, 0.15) is 83.9 Å². The molecule has 0 spiro atoms. The van der Waals surface area contributed by atoms with Gasteiger partial charge in [-0.15, -0.1) is 0 Å². The molecule has 20 heteroatoms. The minimum absolute atomic E-state index is 0.0362. The number of aliphatic hydroxyl groups is 2. The number of aromatic nitrogens is 4. The Bertz CT molecular complexity index is 3450. The highest BCUT2D eigenvalue weighted by molar-refractivity contribution is 7.93. The highest BCUT2D eigenvalue weighted by Gasteiger charge is 2.39. The summed E-state index contributed by atoms with van der Waals surface area (Å²) in [7, 11) is -8.20. The Labute approximate surface area is 428 Å². The highest BCUT2D eigenvalue weighted by atomic mass is 32.2. The summed E-state index contributed by atoms with van der Waals surface area (Å²) in [5, 5.41) is 54.1. The average molecular weight is 1040 g/mol. The van der Waals surface area contributed by atoms with Gasteiger partial charge in [-0.3, -0.25) is 9.59 Å². The van der Waals surface area contributed by atoms with Crippen molar-refractivity contribution in [2.45, 2.75) is 79.0 Å². The molecule has 2 aliphatic carbocycles. The Morgan fingerprint density at radius 1 is 0.473 bits per heavy atom. The number of hydrogen-bond acceptors (Lipinski definition) is 16. The zero-order valence-corrected chi connectivity index (χ0v) is 43.7. The number of nitrogens with one attached hydrogen (secondary N) is 4. The molecule has 0 fully saturated rings. The van der Waals surface area contributed by atoms with Gasteiger partial charge in [-0.2, -0.15) is 0 Å². The number of sulfonamides is 2. The van der Waals surface area contributed by atoms with Gasteiger partial charge in [0.1, 0.15) is 11.5 Å². The van der Waals surface area contributed by atoms with E-state index in [4.69, 9.17) is 0 Å². The molecule has 0 atom stereocenters. The molecule has 74 heavy (non-hydrogen) atoms. The van der Waals surface area contributed by atoms with Gasteiger partial charge in [0, 0.05) is 80.0 Å². The van der Waals surface area contributed by atoms with Crippen LogP contribution in [-0.2, 0) is 29.6 Å². The average Bonchev–Trinajstić information content (AvgIpc) is 3.29. The van der Waals surface area contributed by atoms with Crippen LogP contribution in [0.5, 0.6) is 11.5 Å². The molecule has 8 rings (SSSR count). The zero-order chi connectivity index (χ0) is 53.9. The van der Waals surface area contributed by atoms with Crippen LogP contribution in [-0.4, -0.2) is 68.8 Å². The van der Waals surface area contributed by atoms with Crippen LogP contribution in [0.3, 0.4) is 0 Å². The molecule has 0 radical (unpaired) electrons. The van der Waals surface area contributed by atoms with Gasteiger partial charge in [0.15, 0.2) is 11.5 Å². The van der Waals surface area contributed by atoms with E-state index in [0.29, 0.717) is 56.4 Å². The van der Waals surface area contributed by atoms with E-state index in [1.165, 1.54) is 60.9 Å². The number of hydrogen-bond donors (Lipinski definition) is 8. The summed E-state index contributed by atoms with van der Waals surface area (Å²) in [6.07, 6.45) is 2.59. The third-order valence-corrected chi connectivity index (χ3v) is 15.1. The van der Waals surface area contributed by atoms with Crippen molar-refractivity contribution in [1.82, 2.24) is 19.9 Å². The largest absolute Gasteiger partial charge is 0.507 e. The van der Waals surface area contributed by atoms with E-state index in [2.05, 4.69) is 40.0 Å². The van der Waals surface area contributed by atoms with Crippen molar-refractivity contribution in [1.29, 1.82) is 0 Å². The number of rotatable bonds is 13. The first-order valence-corrected chi connectivity index (χ1v) is 26.3. The second-order valence-electron chi connectivity index (χ2n) is 18.8. The molecular formula is C54H54N8O10S2. The molecule has 2 aliphatic rings. The molecule has 4 aromatic carbocycles. The number of aromatic hydroxyl groups is 2. The second-order valence-corrected chi connectivity index (χ2v) is 22.1. The van der Waals surface area contributed by atoms with Gasteiger partial charge >= 0.3 is 0 Å². The van der Waals surface area contributed by atoms with Crippen LogP contribution in [0.4, 0.5) is 23.3 Å². The smallest absolute Gasteiger partial charge is 0.264 e. The van der Waals surface area contributed by atoms with Crippen LogP contribution in [0.15, 0.2) is 107 Å². The molecule has 2 heterocycles. The quantitative estimate of drug-likeness (QED) is 0.0500. The molecule has 8 N–H and O–H groups in total. The maximum Gasteiger partial charge on any atom is 0.264 e. The van der Waals surface area contributed by atoms with Gasteiger partial charge in [0.2, 0.25) is 23.5 Å². The number of fused-ring (bicyclic) bond motifs is 2. The summed E-state index contributed by atoms with van der Waals surface area (Å²) >= 11 is 0. The molecule has 18 nitrogen and oxygen atoms in total. The Hall–Kier alpha value is -8.36. The van der Waals surface area contributed by atoms with E-state index in [-0.39, 0.29) is 66.2 Å². The van der Waals surface area contributed by atoms with E-state index < -0.39 is 66.5 Å². The number of Topliss-reactive ketones (excluding diaryl/α,β-unsaturated/α-hetero) is 2.